The maximum atomic E-state index is 5.72. The summed E-state index contributed by atoms with van der Waals surface area (Å²) in [4.78, 5) is 8.47. The van der Waals surface area contributed by atoms with Gasteiger partial charge in [0, 0.05) is 13.2 Å². The van der Waals surface area contributed by atoms with Crippen molar-refractivity contribution in [2.24, 2.45) is 0 Å². The third-order valence-corrected chi connectivity index (χ3v) is 2.91. The summed E-state index contributed by atoms with van der Waals surface area (Å²) >= 11 is 0. The Balaban J connectivity index is 1.92. The predicted octanol–water partition coefficient (Wildman–Crippen LogP) is 2.24. The van der Waals surface area contributed by atoms with E-state index >= 15 is 0 Å². The summed E-state index contributed by atoms with van der Waals surface area (Å²) in [6.45, 7) is 7.65. The normalized spacial score (nSPS) is 23.3. The average molecular weight is 251 g/mol. The van der Waals surface area contributed by atoms with E-state index in [0.717, 1.165) is 31.8 Å². The van der Waals surface area contributed by atoms with Gasteiger partial charge in [0.15, 0.2) is 0 Å². The Morgan fingerprint density at radius 1 is 1.50 bits per heavy atom. The zero-order valence-electron chi connectivity index (χ0n) is 11.3. The lowest BCUT2D eigenvalue weighted by molar-refractivity contribution is 0.0314. The van der Waals surface area contributed by atoms with Crippen molar-refractivity contribution in [2.45, 2.75) is 45.3 Å². The predicted molar refractivity (Wildman–Crippen MR) is 69.9 cm³/mol. The highest BCUT2D eigenvalue weighted by molar-refractivity contribution is 5.33. The van der Waals surface area contributed by atoms with Crippen molar-refractivity contribution >= 4 is 5.82 Å². The zero-order chi connectivity index (χ0) is 13.0. The number of ether oxygens (including phenoxy) is 2. The van der Waals surface area contributed by atoms with E-state index in [1.165, 1.54) is 0 Å². The number of hydrogen-bond donors (Lipinski definition) is 1. The summed E-state index contributed by atoms with van der Waals surface area (Å²) in [5.41, 5.74) is -0.0867. The average Bonchev–Trinajstić information content (AvgIpc) is 2.74. The Morgan fingerprint density at radius 2 is 2.33 bits per heavy atom. The van der Waals surface area contributed by atoms with Crippen molar-refractivity contribution in [1.29, 1.82) is 0 Å². The highest BCUT2D eigenvalue weighted by Crippen LogP contribution is 2.25. The van der Waals surface area contributed by atoms with Crippen LogP contribution in [0.15, 0.2) is 12.4 Å². The molecule has 0 amide bonds. The lowest BCUT2D eigenvalue weighted by Gasteiger charge is -2.23. The quantitative estimate of drug-likeness (QED) is 0.869. The number of nitrogens with one attached hydrogen (secondary N) is 1. The topological polar surface area (TPSA) is 56.3 Å². The molecule has 5 nitrogen and oxygen atoms in total. The molecule has 0 radical (unpaired) electrons. The van der Waals surface area contributed by atoms with Gasteiger partial charge in [-0.25, -0.2) is 0 Å². The molecule has 100 valence electrons. The zero-order valence-corrected chi connectivity index (χ0v) is 11.3. The van der Waals surface area contributed by atoms with Gasteiger partial charge in [-0.1, -0.05) is 0 Å². The molecule has 1 saturated heterocycles. The van der Waals surface area contributed by atoms with Gasteiger partial charge in [-0.15, -0.1) is 0 Å². The van der Waals surface area contributed by atoms with Crippen molar-refractivity contribution in [2.75, 3.05) is 18.5 Å². The molecule has 1 unspecified atom stereocenters. The molecule has 1 fully saturated rings. The first kappa shape index (κ1) is 13.1. The molecule has 18 heavy (non-hydrogen) atoms. The van der Waals surface area contributed by atoms with Crippen LogP contribution in [0.3, 0.4) is 0 Å². The Bertz CT molecular complexity index is 390. The van der Waals surface area contributed by atoms with Crippen LogP contribution in [0.1, 0.15) is 33.6 Å². The van der Waals surface area contributed by atoms with E-state index in [1.54, 1.807) is 12.4 Å². The summed E-state index contributed by atoms with van der Waals surface area (Å²) in [6, 6.07) is 0. The molecular weight excluding hydrogens is 230 g/mol. The van der Waals surface area contributed by atoms with E-state index in [9.17, 15) is 0 Å². The van der Waals surface area contributed by atoms with Gasteiger partial charge in [-0.3, -0.25) is 4.98 Å². The number of rotatable bonds is 5. The van der Waals surface area contributed by atoms with Gasteiger partial charge in [0.1, 0.15) is 5.82 Å². The summed E-state index contributed by atoms with van der Waals surface area (Å²) in [6.07, 6.45) is 5.63. The number of anilines is 1. The van der Waals surface area contributed by atoms with E-state index < -0.39 is 0 Å². The van der Waals surface area contributed by atoms with Crippen molar-refractivity contribution in [3.8, 4) is 5.88 Å². The molecule has 0 bridgehead atoms. The molecule has 0 saturated carbocycles. The molecular formula is C13H21N3O2. The minimum atomic E-state index is -0.0867. The third kappa shape index (κ3) is 3.57. The molecule has 1 aromatic heterocycles. The van der Waals surface area contributed by atoms with E-state index in [0.29, 0.717) is 5.88 Å². The lowest BCUT2D eigenvalue weighted by atomic mass is 10.0. The van der Waals surface area contributed by atoms with Crippen LogP contribution in [0.2, 0.25) is 0 Å². The second-order valence-electron chi connectivity index (χ2n) is 5.16. The highest BCUT2D eigenvalue weighted by Gasteiger charge is 2.29. The molecule has 1 aliphatic rings. The Labute approximate surface area is 108 Å². The van der Waals surface area contributed by atoms with E-state index in [4.69, 9.17) is 9.47 Å². The first-order valence-corrected chi connectivity index (χ1v) is 6.44. The number of nitrogens with zero attached hydrogens (tertiary/aromatic N) is 2. The molecule has 1 atom stereocenters. The maximum absolute atomic E-state index is 5.72. The fourth-order valence-electron chi connectivity index (χ4n) is 1.99. The maximum Gasteiger partial charge on any atom is 0.234 e. The molecule has 5 heteroatoms. The van der Waals surface area contributed by atoms with Crippen LogP contribution in [-0.4, -0.2) is 34.8 Å². The Kier molecular flexibility index (Phi) is 4.01. The van der Waals surface area contributed by atoms with E-state index in [1.807, 2.05) is 13.8 Å². The van der Waals surface area contributed by atoms with Crippen LogP contribution in [-0.2, 0) is 4.74 Å². The Morgan fingerprint density at radius 3 is 3.00 bits per heavy atom. The SMILES string of the molecule is CC(C)Oc1cncc(NCC2(C)CCCO2)n1. The summed E-state index contributed by atoms with van der Waals surface area (Å²) in [7, 11) is 0. The molecule has 1 N–H and O–H groups in total. The molecule has 0 aromatic carbocycles. The van der Waals surface area contributed by atoms with Crippen LogP contribution in [0, 0.1) is 0 Å². The number of hydrogen-bond acceptors (Lipinski definition) is 5. The fourth-order valence-corrected chi connectivity index (χ4v) is 1.99. The van der Waals surface area contributed by atoms with Gasteiger partial charge < -0.3 is 14.8 Å². The number of aromatic nitrogens is 2. The van der Waals surface area contributed by atoms with Crippen molar-refractivity contribution in [3.63, 3.8) is 0 Å². The summed E-state index contributed by atoms with van der Waals surface area (Å²) in [5.74, 6) is 1.28. The van der Waals surface area contributed by atoms with Crippen LogP contribution in [0.4, 0.5) is 5.82 Å². The molecule has 0 aliphatic carbocycles. The summed E-state index contributed by atoms with van der Waals surface area (Å²) < 4.78 is 11.2. The van der Waals surface area contributed by atoms with Crippen LogP contribution < -0.4 is 10.1 Å². The van der Waals surface area contributed by atoms with Crippen LogP contribution >= 0.6 is 0 Å². The fraction of sp³-hybridized carbons (Fsp3) is 0.692. The first-order valence-electron chi connectivity index (χ1n) is 6.44. The molecule has 1 aromatic rings. The van der Waals surface area contributed by atoms with Crippen LogP contribution in [0.5, 0.6) is 5.88 Å². The molecule has 0 spiro atoms. The first-order chi connectivity index (χ1) is 8.57. The standard InChI is InChI=1S/C13H21N3O2/c1-10(2)18-12-8-14-7-11(16-12)15-9-13(3)5-4-6-17-13/h7-8,10H,4-6,9H2,1-3H3,(H,15,16). The lowest BCUT2D eigenvalue weighted by Crippen LogP contribution is -2.32. The van der Waals surface area contributed by atoms with Crippen LogP contribution in [0.25, 0.3) is 0 Å². The second kappa shape index (κ2) is 5.52. The van der Waals surface area contributed by atoms with Gasteiger partial charge in [-0.05, 0) is 33.6 Å². The van der Waals surface area contributed by atoms with Gasteiger partial charge >= 0.3 is 0 Å². The van der Waals surface area contributed by atoms with Crippen molar-refractivity contribution < 1.29 is 9.47 Å². The summed E-state index contributed by atoms with van der Waals surface area (Å²) in [5, 5.41) is 3.26. The minimum absolute atomic E-state index is 0.0867. The Hall–Kier alpha value is -1.36. The van der Waals surface area contributed by atoms with Gasteiger partial charge in [0.05, 0.1) is 24.1 Å². The van der Waals surface area contributed by atoms with Crippen molar-refractivity contribution in [3.05, 3.63) is 12.4 Å². The molecule has 2 heterocycles. The molecule has 2 rings (SSSR count). The van der Waals surface area contributed by atoms with Gasteiger partial charge in [0.2, 0.25) is 5.88 Å². The minimum Gasteiger partial charge on any atom is -0.474 e. The monoisotopic (exact) mass is 251 g/mol. The van der Waals surface area contributed by atoms with Gasteiger partial charge in [0.25, 0.3) is 0 Å². The van der Waals surface area contributed by atoms with E-state index in [2.05, 4.69) is 22.2 Å². The molecule has 1 aliphatic heterocycles. The van der Waals surface area contributed by atoms with Gasteiger partial charge in [-0.2, -0.15) is 4.98 Å². The third-order valence-electron chi connectivity index (χ3n) is 2.91. The van der Waals surface area contributed by atoms with E-state index in [-0.39, 0.29) is 11.7 Å². The highest BCUT2D eigenvalue weighted by atomic mass is 16.5. The smallest absolute Gasteiger partial charge is 0.234 e. The van der Waals surface area contributed by atoms with Crippen molar-refractivity contribution in [1.82, 2.24) is 9.97 Å². The second-order valence-corrected chi connectivity index (χ2v) is 5.16. The largest absolute Gasteiger partial charge is 0.474 e.